The molecule has 9 heteroatoms. The van der Waals surface area contributed by atoms with Crippen LogP contribution in [0.1, 0.15) is 37.4 Å². The number of para-hydroxylation sites is 1. The summed E-state index contributed by atoms with van der Waals surface area (Å²) in [5.74, 6) is -2.49. The normalized spacial score (nSPS) is 11.8. The van der Waals surface area contributed by atoms with Crippen LogP contribution in [0.3, 0.4) is 0 Å². The Balaban J connectivity index is 1.63. The number of fused-ring (bicyclic) bond motifs is 4. The zero-order valence-corrected chi connectivity index (χ0v) is 27.2. The van der Waals surface area contributed by atoms with Gasteiger partial charge in [-0.1, -0.05) is 106 Å². The van der Waals surface area contributed by atoms with Crippen LogP contribution < -0.4 is 4.57 Å². The van der Waals surface area contributed by atoms with Crippen LogP contribution in [-0.2, 0) is 28.5 Å². The van der Waals surface area contributed by atoms with Crippen LogP contribution in [0.4, 0.5) is 0 Å². The molecule has 0 spiro atoms. The molecule has 0 N–H and O–H groups in total. The number of hydrogen-bond acceptors (Lipinski definition) is 8. The van der Waals surface area contributed by atoms with Crippen LogP contribution in [0.25, 0.3) is 55.9 Å². The number of benzene rings is 4. The van der Waals surface area contributed by atoms with E-state index >= 15 is 0 Å². The maximum absolute atomic E-state index is 13.9. The third-order valence-electron chi connectivity index (χ3n) is 8.37. The monoisotopic (exact) mass is 653 g/mol. The highest BCUT2D eigenvalue weighted by Gasteiger charge is 2.32. The number of ether oxygens (including phenoxy) is 4. The summed E-state index contributed by atoms with van der Waals surface area (Å²) in [6.45, 7) is 0. The van der Waals surface area contributed by atoms with Crippen LogP contribution in [0.5, 0.6) is 0 Å². The molecule has 0 aliphatic heterocycles. The number of hydrogen-bond donors (Lipinski definition) is 0. The molecule has 6 rings (SSSR count). The second-order valence-electron chi connectivity index (χ2n) is 11.0. The highest BCUT2D eigenvalue weighted by Crippen LogP contribution is 2.41. The number of aromatic nitrogens is 1. The van der Waals surface area contributed by atoms with Gasteiger partial charge in [0.15, 0.2) is 6.20 Å². The van der Waals surface area contributed by atoms with Crippen molar-refractivity contribution in [2.75, 3.05) is 28.4 Å². The number of rotatable bonds is 8. The van der Waals surface area contributed by atoms with Crippen molar-refractivity contribution < 1.29 is 42.7 Å². The fraction of sp³-hybridized carbons (Fsp3) is 0.100. The Kier molecular flexibility index (Phi) is 9.08. The van der Waals surface area contributed by atoms with Crippen molar-refractivity contribution >= 4 is 79.7 Å². The van der Waals surface area contributed by atoms with Gasteiger partial charge in [0.05, 0.1) is 45.0 Å². The van der Waals surface area contributed by atoms with E-state index in [9.17, 15) is 19.2 Å². The molecule has 0 atom stereocenters. The topological polar surface area (TPSA) is 109 Å². The van der Waals surface area contributed by atoms with Gasteiger partial charge in [0.1, 0.15) is 0 Å². The van der Waals surface area contributed by atoms with Crippen molar-refractivity contribution in [1.82, 2.24) is 0 Å². The van der Waals surface area contributed by atoms with Crippen LogP contribution in [0.2, 0.25) is 0 Å². The van der Waals surface area contributed by atoms with E-state index < -0.39 is 23.9 Å². The summed E-state index contributed by atoms with van der Waals surface area (Å²) in [6.07, 6.45) is 5.53. The number of esters is 4. The molecule has 1 aromatic heterocycles. The summed E-state index contributed by atoms with van der Waals surface area (Å²) in [7, 11) is 5.14. The molecule has 0 saturated carbocycles. The number of pyridine rings is 1. The highest BCUT2D eigenvalue weighted by molar-refractivity contribution is 6.39. The zero-order chi connectivity index (χ0) is 34.7. The Hall–Kier alpha value is -6.48. The Morgan fingerprint density at radius 1 is 0.612 bits per heavy atom. The van der Waals surface area contributed by atoms with Gasteiger partial charge in [-0.3, -0.25) is 4.79 Å². The SMILES string of the molecule is COC(=O)/C(=C(/C(=O)OC)[n+]1ccc(/C=C/c2ccc(C(=O)OC)cc2)c2ccccc21)[c-]1c2ccccc2c2c(C(=O)OC)cccc21. The first-order valence-electron chi connectivity index (χ1n) is 15.2. The lowest BCUT2D eigenvalue weighted by Gasteiger charge is -2.15. The molecule has 5 aromatic carbocycles. The van der Waals surface area contributed by atoms with E-state index in [1.807, 2.05) is 78.9 Å². The first kappa shape index (κ1) is 32.5. The fourth-order valence-corrected chi connectivity index (χ4v) is 6.13. The summed E-state index contributed by atoms with van der Waals surface area (Å²) in [6, 6.07) is 28.8. The van der Waals surface area contributed by atoms with Gasteiger partial charge in [0, 0.05) is 17.7 Å². The van der Waals surface area contributed by atoms with Crippen LogP contribution >= 0.6 is 0 Å². The van der Waals surface area contributed by atoms with Gasteiger partial charge in [-0.05, 0) is 29.3 Å². The summed E-state index contributed by atoms with van der Waals surface area (Å²) in [4.78, 5) is 52.5. The number of methoxy groups -OCH3 is 4. The van der Waals surface area contributed by atoms with Crippen LogP contribution in [0, 0.1) is 0 Å². The minimum absolute atomic E-state index is 0.0355. The third kappa shape index (κ3) is 5.82. The Labute approximate surface area is 281 Å². The minimum Gasteiger partial charge on any atom is -0.490 e. The standard InChI is InChI=1S/C40H31NO8/c1-46-37(42)26-20-17-24(18-21-26)16-19-25-22-23-41(32-15-8-7-10-27(25)32)36(40(45)49-4)35(39(44)48-3)34-29-12-6-5-11-28(29)33-30(34)13-9-14-31(33)38(43)47-2/h5-23H,1-4H3/b19-16+,36-35-. The summed E-state index contributed by atoms with van der Waals surface area (Å²) in [5.41, 5.74) is 3.38. The van der Waals surface area contributed by atoms with Crippen molar-refractivity contribution in [3.8, 4) is 0 Å². The lowest BCUT2D eigenvalue weighted by Crippen LogP contribution is -2.39. The van der Waals surface area contributed by atoms with Gasteiger partial charge in [-0.25, -0.2) is 14.4 Å². The quantitative estimate of drug-likeness (QED) is 0.0594. The van der Waals surface area contributed by atoms with Crippen LogP contribution in [-0.4, -0.2) is 52.3 Å². The predicted octanol–water partition coefficient (Wildman–Crippen LogP) is 6.61. The van der Waals surface area contributed by atoms with Crippen molar-refractivity contribution in [1.29, 1.82) is 0 Å². The van der Waals surface area contributed by atoms with E-state index in [1.165, 1.54) is 28.4 Å². The van der Waals surface area contributed by atoms with Crippen molar-refractivity contribution in [3.05, 3.63) is 131 Å². The van der Waals surface area contributed by atoms with Crippen molar-refractivity contribution in [3.63, 3.8) is 0 Å². The number of carbonyl (C=O) groups is 4. The van der Waals surface area contributed by atoms with Gasteiger partial charge in [-0.2, -0.15) is 4.57 Å². The molecule has 1 heterocycles. The molecule has 0 aliphatic rings. The number of carbonyl (C=O) groups excluding carboxylic acids is 4. The second-order valence-corrected chi connectivity index (χ2v) is 11.0. The molecular weight excluding hydrogens is 622 g/mol. The van der Waals surface area contributed by atoms with E-state index in [1.54, 1.807) is 41.1 Å². The first-order valence-corrected chi connectivity index (χ1v) is 15.2. The Morgan fingerprint density at radius 2 is 1.27 bits per heavy atom. The maximum atomic E-state index is 13.9. The number of nitrogens with zero attached hydrogens (tertiary/aromatic N) is 1. The summed E-state index contributed by atoms with van der Waals surface area (Å²) >= 11 is 0. The van der Waals surface area contributed by atoms with Gasteiger partial charge < -0.3 is 18.9 Å². The third-order valence-corrected chi connectivity index (χ3v) is 8.37. The zero-order valence-electron chi connectivity index (χ0n) is 27.2. The predicted molar refractivity (Wildman–Crippen MR) is 186 cm³/mol. The highest BCUT2D eigenvalue weighted by atomic mass is 16.5. The lowest BCUT2D eigenvalue weighted by atomic mass is 9.98. The second kappa shape index (κ2) is 13.7. The van der Waals surface area contributed by atoms with E-state index in [4.69, 9.17) is 18.9 Å². The van der Waals surface area contributed by atoms with Crippen molar-refractivity contribution in [2.24, 2.45) is 0 Å². The lowest BCUT2D eigenvalue weighted by molar-refractivity contribution is -0.548. The van der Waals surface area contributed by atoms with E-state index in [-0.39, 0.29) is 11.3 Å². The summed E-state index contributed by atoms with van der Waals surface area (Å²) in [5, 5.41) is 3.27. The molecule has 6 aromatic rings. The van der Waals surface area contributed by atoms with Gasteiger partial charge in [0.2, 0.25) is 5.52 Å². The molecule has 9 nitrogen and oxygen atoms in total. The molecule has 0 amide bonds. The van der Waals surface area contributed by atoms with Gasteiger partial charge in [-0.15, -0.1) is 0 Å². The van der Waals surface area contributed by atoms with E-state index in [0.717, 1.165) is 16.5 Å². The van der Waals surface area contributed by atoms with E-state index in [0.29, 0.717) is 43.8 Å². The largest absolute Gasteiger partial charge is 0.490 e. The molecule has 0 saturated heterocycles. The molecule has 0 aliphatic carbocycles. The van der Waals surface area contributed by atoms with Crippen molar-refractivity contribution in [2.45, 2.75) is 0 Å². The first-order chi connectivity index (χ1) is 23.8. The molecule has 49 heavy (non-hydrogen) atoms. The summed E-state index contributed by atoms with van der Waals surface area (Å²) < 4.78 is 22.1. The Morgan fingerprint density at radius 3 is 1.96 bits per heavy atom. The average molecular weight is 654 g/mol. The smallest absolute Gasteiger partial charge is 0.379 e. The molecule has 0 unspecified atom stereocenters. The maximum Gasteiger partial charge on any atom is 0.379 e. The molecule has 0 radical (unpaired) electrons. The van der Waals surface area contributed by atoms with Crippen LogP contribution in [0.15, 0.2) is 103 Å². The fourth-order valence-electron chi connectivity index (χ4n) is 6.13. The minimum atomic E-state index is -0.771. The van der Waals surface area contributed by atoms with Gasteiger partial charge >= 0.3 is 17.9 Å². The van der Waals surface area contributed by atoms with Gasteiger partial charge in [0.25, 0.3) is 11.7 Å². The molecule has 0 fully saturated rings. The average Bonchev–Trinajstić information content (AvgIpc) is 3.49. The Bertz CT molecular complexity index is 2340. The molecule has 244 valence electrons. The molecular formula is C40H31NO8. The molecule has 0 bridgehead atoms. The van der Waals surface area contributed by atoms with E-state index in [2.05, 4.69) is 0 Å².